The van der Waals surface area contributed by atoms with E-state index in [-0.39, 0.29) is 11.8 Å². The van der Waals surface area contributed by atoms with Crippen LogP contribution in [-0.2, 0) is 4.74 Å². The highest BCUT2D eigenvalue weighted by Crippen LogP contribution is 2.22. The number of rotatable bonds is 3. The van der Waals surface area contributed by atoms with E-state index < -0.39 is 5.60 Å². The summed E-state index contributed by atoms with van der Waals surface area (Å²) in [5.41, 5.74) is -0.470. The van der Waals surface area contributed by atoms with Crippen LogP contribution in [0.1, 0.15) is 33.6 Å². The van der Waals surface area contributed by atoms with Crippen molar-refractivity contribution in [3.05, 3.63) is 18.3 Å². The van der Waals surface area contributed by atoms with Crippen molar-refractivity contribution in [1.29, 1.82) is 0 Å². The van der Waals surface area contributed by atoms with Crippen LogP contribution in [0, 0.1) is 5.92 Å². The fourth-order valence-corrected chi connectivity index (χ4v) is 2.50. The molecule has 1 atom stereocenters. The number of carbonyl (C=O) groups is 1. The lowest BCUT2D eigenvalue weighted by molar-refractivity contribution is 0.0172. The van der Waals surface area contributed by atoms with Gasteiger partial charge in [-0.25, -0.2) is 9.78 Å². The summed E-state index contributed by atoms with van der Waals surface area (Å²) < 4.78 is 5.42. The van der Waals surface area contributed by atoms with E-state index in [4.69, 9.17) is 4.74 Å². The predicted molar refractivity (Wildman–Crippen MR) is 84.9 cm³/mol. The summed E-state index contributed by atoms with van der Waals surface area (Å²) in [6.07, 6.45) is 3.38. The normalized spacial score (nSPS) is 18.9. The molecule has 2 heterocycles. The topological polar surface area (TPSA) is 74.7 Å². The van der Waals surface area contributed by atoms with Gasteiger partial charge in [-0.3, -0.25) is 0 Å². The van der Waals surface area contributed by atoms with Gasteiger partial charge in [0.25, 0.3) is 0 Å². The highest BCUT2D eigenvalue weighted by Gasteiger charge is 2.27. The van der Waals surface area contributed by atoms with Gasteiger partial charge in [0.2, 0.25) is 0 Å². The highest BCUT2D eigenvalue weighted by molar-refractivity contribution is 5.68. The Morgan fingerprint density at radius 3 is 3.00 bits per heavy atom. The molecule has 1 aromatic heterocycles. The van der Waals surface area contributed by atoms with Gasteiger partial charge in [-0.2, -0.15) is 0 Å². The van der Waals surface area contributed by atoms with Crippen molar-refractivity contribution in [3.63, 3.8) is 0 Å². The van der Waals surface area contributed by atoms with Gasteiger partial charge >= 0.3 is 6.09 Å². The van der Waals surface area contributed by atoms with Crippen molar-refractivity contribution in [2.45, 2.75) is 39.2 Å². The second kappa shape index (κ2) is 6.85. The van der Waals surface area contributed by atoms with Crippen LogP contribution in [0.5, 0.6) is 5.75 Å². The number of hydrogen-bond donors (Lipinski definition) is 2. The van der Waals surface area contributed by atoms with E-state index in [9.17, 15) is 9.90 Å². The van der Waals surface area contributed by atoms with Crippen molar-refractivity contribution in [2.24, 2.45) is 5.92 Å². The largest absolute Gasteiger partial charge is 0.504 e. The molecule has 2 N–H and O–H groups in total. The van der Waals surface area contributed by atoms with Gasteiger partial charge in [0, 0.05) is 25.8 Å². The first kappa shape index (κ1) is 16.4. The molecule has 122 valence electrons. The van der Waals surface area contributed by atoms with E-state index in [0.29, 0.717) is 24.8 Å². The number of nitrogens with zero attached hydrogens (tertiary/aromatic N) is 2. The highest BCUT2D eigenvalue weighted by atomic mass is 16.6. The number of anilines is 1. The monoisotopic (exact) mass is 307 g/mol. The average Bonchev–Trinajstić information content (AvgIpc) is 2.45. The summed E-state index contributed by atoms with van der Waals surface area (Å²) in [6.45, 7) is 7.69. The van der Waals surface area contributed by atoms with Crippen LogP contribution < -0.4 is 5.32 Å². The van der Waals surface area contributed by atoms with Crippen LogP contribution >= 0.6 is 0 Å². The molecule has 0 aromatic carbocycles. The summed E-state index contributed by atoms with van der Waals surface area (Å²) >= 11 is 0. The zero-order chi connectivity index (χ0) is 16.2. The molecule has 22 heavy (non-hydrogen) atoms. The van der Waals surface area contributed by atoms with Crippen LogP contribution in [0.25, 0.3) is 0 Å². The van der Waals surface area contributed by atoms with Crippen LogP contribution in [0.3, 0.4) is 0 Å². The molecule has 1 aliphatic rings. The number of amides is 1. The Balaban J connectivity index is 1.86. The molecule has 0 bridgehead atoms. The molecule has 1 aromatic rings. The molecule has 0 aliphatic carbocycles. The maximum Gasteiger partial charge on any atom is 0.410 e. The molecule has 0 radical (unpaired) electrons. The molecule has 0 saturated carbocycles. The van der Waals surface area contributed by atoms with Crippen LogP contribution in [0.15, 0.2) is 18.3 Å². The molecule has 0 unspecified atom stereocenters. The SMILES string of the molecule is CC(C)(C)OC(=O)N1CCC[C@H](CNc2ncccc2O)C1. The van der Waals surface area contributed by atoms with Gasteiger partial charge in [0.05, 0.1) is 0 Å². The van der Waals surface area contributed by atoms with Gasteiger partial charge in [-0.15, -0.1) is 0 Å². The van der Waals surface area contributed by atoms with Gasteiger partial charge in [-0.1, -0.05) is 0 Å². The smallest absolute Gasteiger partial charge is 0.410 e. The van der Waals surface area contributed by atoms with Gasteiger partial charge < -0.3 is 20.1 Å². The third-order valence-electron chi connectivity index (χ3n) is 3.52. The molecule has 1 fully saturated rings. The third kappa shape index (κ3) is 4.79. The van der Waals surface area contributed by atoms with E-state index in [1.807, 2.05) is 20.8 Å². The van der Waals surface area contributed by atoms with Crippen molar-refractivity contribution >= 4 is 11.9 Å². The number of piperidine rings is 1. The molecular weight excluding hydrogens is 282 g/mol. The molecule has 1 saturated heterocycles. The van der Waals surface area contributed by atoms with Crippen molar-refractivity contribution in [1.82, 2.24) is 9.88 Å². The van der Waals surface area contributed by atoms with E-state index in [0.717, 1.165) is 19.4 Å². The maximum atomic E-state index is 12.1. The van der Waals surface area contributed by atoms with Crippen molar-refractivity contribution < 1.29 is 14.6 Å². The molecule has 6 nitrogen and oxygen atoms in total. The number of aromatic nitrogens is 1. The fourth-order valence-electron chi connectivity index (χ4n) is 2.50. The molecule has 2 rings (SSSR count). The number of likely N-dealkylation sites (tertiary alicyclic amines) is 1. The number of carbonyl (C=O) groups excluding carboxylic acids is 1. The molecule has 6 heteroatoms. The first-order valence-electron chi connectivity index (χ1n) is 7.71. The third-order valence-corrected chi connectivity index (χ3v) is 3.52. The number of pyridine rings is 1. The second-order valence-corrected chi connectivity index (χ2v) is 6.69. The summed E-state index contributed by atoms with van der Waals surface area (Å²) in [7, 11) is 0. The van der Waals surface area contributed by atoms with Gasteiger partial charge in [-0.05, 0) is 51.7 Å². The minimum Gasteiger partial charge on any atom is -0.504 e. The Morgan fingerprint density at radius 2 is 2.32 bits per heavy atom. The first-order valence-corrected chi connectivity index (χ1v) is 7.71. The first-order chi connectivity index (χ1) is 10.3. The minimum atomic E-state index is -0.470. The summed E-state index contributed by atoms with van der Waals surface area (Å²) in [6, 6.07) is 3.29. The molecular formula is C16H25N3O3. The quantitative estimate of drug-likeness (QED) is 0.898. The average molecular weight is 307 g/mol. The fraction of sp³-hybridized carbons (Fsp3) is 0.625. The summed E-state index contributed by atoms with van der Waals surface area (Å²) in [5.74, 6) is 0.946. The van der Waals surface area contributed by atoms with Gasteiger partial charge in [0.15, 0.2) is 11.6 Å². The zero-order valence-electron chi connectivity index (χ0n) is 13.5. The van der Waals surface area contributed by atoms with E-state index in [1.165, 1.54) is 0 Å². The van der Waals surface area contributed by atoms with Gasteiger partial charge in [0.1, 0.15) is 5.60 Å². The zero-order valence-corrected chi connectivity index (χ0v) is 13.5. The van der Waals surface area contributed by atoms with E-state index >= 15 is 0 Å². The Morgan fingerprint density at radius 1 is 1.55 bits per heavy atom. The number of ether oxygens (including phenoxy) is 1. The molecule has 1 aliphatic heterocycles. The lowest BCUT2D eigenvalue weighted by atomic mass is 9.98. The maximum absolute atomic E-state index is 12.1. The summed E-state index contributed by atoms with van der Waals surface area (Å²) in [4.78, 5) is 18.0. The molecule has 0 spiro atoms. The number of hydrogen-bond acceptors (Lipinski definition) is 5. The Hall–Kier alpha value is -1.98. The Kier molecular flexibility index (Phi) is 5.11. The van der Waals surface area contributed by atoms with Crippen LogP contribution in [0.4, 0.5) is 10.6 Å². The second-order valence-electron chi connectivity index (χ2n) is 6.69. The predicted octanol–water partition coefficient (Wildman–Crippen LogP) is 2.85. The standard InChI is InChI=1S/C16H25N3O3/c1-16(2,3)22-15(21)19-9-5-6-12(11-19)10-18-14-13(20)7-4-8-17-14/h4,7-8,12,20H,5-6,9-11H2,1-3H3,(H,17,18)/t12-/m1/s1. The number of nitrogens with one attached hydrogen (secondary N) is 1. The van der Waals surface area contributed by atoms with Crippen molar-refractivity contribution in [2.75, 3.05) is 25.0 Å². The molecule has 1 amide bonds. The van der Waals surface area contributed by atoms with E-state index in [1.54, 1.807) is 23.2 Å². The van der Waals surface area contributed by atoms with Crippen LogP contribution in [-0.4, -0.2) is 46.3 Å². The Labute approximate surface area is 131 Å². The van der Waals surface area contributed by atoms with Crippen molar-refractivity contribution in [3.8, 4) is 5.75 Å². The van der Waals surface area contributed by atoms with E-state index in [2.05, 4.69) is 10.3 Å². The minimum absolute atomic E-state index is 0.141. The summed E-state index contributed by atoms with van der Waals surface area (Å²) in [5, 5.41) is 12.8. The Bertz CT molecular complexity index is 514. The van der Waals surface area contributed by atoms with Crippen LogP contribution in [0.2, 0.25) is 0 Å². The lowest BCUT2D eigenvalue weighted by Gasteiger charge is -2.34. The number of aromatic hydroxyl groups is 1. The lowest BCUT2D eigenvalue weighted by Crippen LogP contribution is -2.44.